The Bertz CT molecular complexity index is 1110. The number of fused-ring (bicyclic) bond motifs is 1. The summed E-state index contributed by atoms with van der Waals surface area (Å²) in [6, 6.07) is 8.57. The molecule has 6 nitrogen and oxygen atoms in total. The van der Waals surface area contributed by atoms with E-state index in [1.165, 1.54) is 21.3 Å². The molecule has 0 aliphatic carbocycles. The van der Waals surface area contributed by atoms with Crippen molar-refractivity contribution < 1.29 is 23.4 Å². The van der Waals surface area contributed by atoms with Gasteiger partial charge in [0.1, 0.15) is 11.9 Å². The quantitative estimate of drug-likeness (QED) is 0.464. The molecule has 0 saturated carbocycles. The number of benzene rings is 2. The summed E-state index contributed by atoms with van der Waals surface area (Å²) in [5.41, 5.74) is 1.89. The number of ether oxygens (including phenoxy) is 3. The van der Waals surface area contributed by atoms with Crippen molar-refractivity contribution in [1.82, 2.24) is 0 Å². The van der Waals surface area contributed by atoms with Gasteiger partial charge in [0, 0.05) is 16.5 Å². The molecule has 152 valence electrons. The summed E-state index contributed by atoms with van der Waals surface area (Å²) in [5, 5.41) is 0.669. The van der Waals surface area contributed by atoms with Gasteiger partial charge in [0.2, 0.25) is 5.75 Å². The molecule has 0 amide bonds. The number of rotatable bonds is 5. The van der Waals surface area contributed by atoms with Gasteiger partial charge >= 0.3 is 5.63 Å². The topological polar surface area (TPSA) is 75.0 Å². The van der Waals surface area contributed by atoms with E-state index >= 15 is 0 Å². The van der Waals surface area contributed by atoms with Crippen molar-refractivity contribution in [2.45, 2.75) is 26.2 Å². The first-order valence-electron chi connectivity index (χ1n) is 9.11. The highest BCUT2D eigenvalue weighted by Gasteiger charge is 2.22. The Balaban J connectivity index is 2.33. The van der Waals surface area contributed by atoms with Crippen LogP contribution in [0.5, 0.6) is 17.2 Å². The molecular weight excluding hydrogens is 372 g/mol. The molecule has 0 N–H and O–H groups in total. The second kappa shape index (κ2) is 7.62. The van der Waals surface area contributed by atoms with Crippen LogP contribution in [0, 0.1) is 0 Å². The fourth-order valence-electron chi connectivity index (χ4n) is 3.32. The van der Waals surface area contributed by atoms with E-state index in [1.54, 1.807) is 30.3 Å². The van der Waals surface area contributed by atoms with E-state index in [2.05, 4.69) is 0 Å². The summed E-state index contributed by atoms with van der Waals surface area (Å²) in [6.07, 6.45) is 0.791. The van der Waals surface area contributed by atoms with Gasteiger partial charge in [0.05, 0.1) is 26.9 Å². The number of carbonyl (C=O) groups is 1. The maximum absolute atomic E-state index is 12.9. The van der Waals surface area contributed by atoms with E-state index in [9.17, 15) is 9.59 Å². The second-order valence-electron chi connectivity index (χ2n) is 7.72. The highest BCUT2D eigenvalue weighted by molar-refractivity contribution is 5.91. The third-order valence-electron chi connectivity index (χ3n) is 4.77. The first-order valence-corrected chi connectivity index (χ1v) is 9.11. The minimum Gasteiger partial charge on any atom is -0.493 e. The van der Waals surface area contributed by atoms with Crippen LogP contribution in [0.1, 0.15) is 36.7 Å². The Morgan fingerprint density at radius 3 is 2.00 bits per heavy atom. The molecule has 0 atom stereocenters. The van der Waals surface area contributed by atoms with Gasteiger partial charge in [-0.15, -0.1) is 0 Å². The summed E-state index contributed by atoms with van der Waals surface area (Å²) >= 11 is 0. The molecule has 0 aliphatic heterocycles. The van der Waals surface area contributed by atoms with Crippen molar-refractivity contribution in [3.05, 3.63) is 51.9 Å². The van der Waals surface area contributed by atoms with Crippen LogP contribution in [0.3, 0.4) is 0 Å². The minimum absolute atomic E-state index is 0.304. The lowest BCUT2D eigenvalue weighted by molar-refractivity contribution is 0.112. The predicted octanol–water partition coefficient (Wildman–Crippen LogP) is 4.60. The lowest BCUT2D eigenvalue weighted by atomic mass is 9.84. The van der Waals surface area contributed by atoms with Gasteiger partial charge in [-0.1, -0.05) is 20.8 Å². The van der Waals surface area contributed by atoms with E-state index in [4.69, 9.17) is 18.6 Å². The summed E-state index contributed by atoms with van der Waals surface area (Å²) in [6.45, 7) is 6.01. The number of hydrogen-bond donors (Lipinski definition) is 0. The molecule has 0 fully saturated rings. The maximum atomic E-state index is 12.9. The van der Waals surface area contributed by atoms with E-state index in [1.807, 2.05) is 20.8 Å². The minimum atomic E-state index is -0.490. The van der Waals surface area contributed by atoms with Crippen molar-refractivity contribution in [2.75, 3.05) is 21.3 Å². The molecule has 6 heteroatoms. The Kier molecular flexibility index (Phi) is 5.38. The third kappa shape index (κ3) is 3.70. The Morgan fingerprint density at radius 1 is 0.897 bits per heavy atom. The molecule has 2 aromatic carbocycles. The van der Waals surface area contributed by atoms with Crippen LogP contribution >= 0.6 is 0 Å². The fraction of sp³-hybridized carbons (Fsp3) is 0.304. The van der Waals surface area contributed by atoms with Gasteiger partial charge in [-0.05, 0) is 41.3 Å². The number of aldehydes is 1. The zero-order valence-corrected chi connectivity index (χ0v) is 17.4. The zero-order valence-electron chi connectivity index (χ0n) is 17.4. The van der Waals surface area contributed by atoms with E-state index in [-0.39, 0.29) is 5.41 Å². The normalized spacial score (nSPS) is 11.4. The Labute approximate surface area is 169 Å². The SMILES string of the molecule is COc1cc(-c2cc3cc(C=O)cc(C(C)(C)C)c3oc2=O)cc(OC)c1OC. The molecular formula is C23H24O6. The molecule has 29 heavy (non-hydrogen) atoms. The van der Waals surface area contributed by atoms with Crippen molar-refractivity contribution in [3.8, 4) is 28.4 Å². The van der Waals surface area contributed by atoms with Crippen molar-refractivity contribution in [2.24, 2.45) is 0 Å². The second-order valence-corrected chi connectivity index (χ2v) is 7.72. The summed E-state index contributed by atoms with van der Waals surface area (Å²) in [4.78, 5) is 24.3. The third-order valence-corrected chi connectivity index (χ3v) is 4.77. The lowest BCUT2D eigenvalue weighted by Gasteiger charge is -2.21. The van der Waals surface area contributed by atoms with Crippen LogP contribution in [0.4, 0.5) is 0 Å². The van der Waals surface area contributed by atoms with Gasteiger partial charge < -0.3 is 18.6 Å². The smallest absolute Gasteiger partial charge is 0.344 e. The van der Waals surface area contributed by atoms with Crippen LogP contribution in [0.15, 0.2) is 39.5 Å². The monoisotopic (exact) mass is 396 g/mol. The molecule has 1 aromatic heterocycles. The average molecular weight is 396 g/mol. The average Bonchev–Trinajstić information content (AvgIpc) is 2.70. The molecule has 0 radical (unpaired) electrons. The molecule has 0 spiro atoms. The summed E-state index contributed by atoms with van der Waals surface area (Å²) in [5.74, 6) is 1.29. The van der Waals surface area contributed by atoms with Crippen LogP contribution in [0.2, 0.25) is 0 Å². The van der Waals surface area contributed by atoms with Gasteiger partial charge in [0.15, 0.2) is 11.5 Å². The van der Waals surface area contributed by atoms with Crippen molar-refractivity contribution in [1.29, 1.82) is 0 Å². The van der Waals surface area contributed by atoms with E-state index in [0.29, 0.717) is 44.9 Å². The predicted molar refractivity (Wildman–Crippen MR) is 112 cm³/mol. The van der Waals surface area contributed by atoms with E-state index < -0.39 is 5.63 Å². The van der Waals surface area contributed by atoms with Gasteiger partial charge in [-0.2, -0.15) is 0 Å². The summed E-state index contributed by atoms with van der Waals surface area (Å²) < 4.78 is 21.8. The van der Waals surface area contributed by atoms with Crippen LogP contribution in [-0.4, -0.2) is 27.6 Å². The molecule has 0 unspecified atom stereocenters. The maximum Gasteiger partial charge on any atom is 0.344 e. The van der Waals surface area contributed by atoms with Gasteiger partial charge in [-0.3, -0.25) is 4.79 Å². The number of carbonyl (C=O) groups excluding carboxylic acids is 1. The first-order chi connectivity index (χ1) is 13.7. The number of hydrogen-bond acceptors (Lipinski definition) is 6. The molecule has 0 bridgehead atoms. The summed E-state index contributed by atoms with van der Waals surface area (Å²) in [7, 11) is 4.53. The highest BCUT2D eigenvalue weighted by atomic mass is 16.5. The number of methoxy groups -OCH3 is 3. The molecule has 3 rings (SSSR count). The Hall–Kier alpha value is -3.28. The van der Waals surface area contributed by atoms with Crippen LogP contribution < -0.4 is 19.8 Å². The molecule has 3 aromatic rings. The Morgan fingerprint density at radius 2 is 1.52 bits per heavy atom. The molecule has 0 aliphatic rings. The standard InChI is InChI=1S/C23H24O6/c1-23(2,3)17-8-13(12-24)7-15-9-16(22(25)29-20(15)17)14-10-18(26-4)21(28-6)19(11-14)27-5/h7-12H,1-6H3. The molecule has 1 heterocycles. The van der Waals surface area contributed by atoms with E-state index in [0.717, 1.165) is 11.8 Å². The highest BCUT2D eigenvalue weighted by Crippen LogP contribution is 2.41. The first kappa shape index (κ1) is 20.5. The van der Waals surface area contributed by atoms with Crippen molar-refractivity contribution in [3.63, 3.8) is 0 Å². The van der Waals surface area contributed by atoms with Crippen molar-refractivity contribution >= 4 is 17.3 Å². The lowest BCUT2D eigenvalue weighted by Crippen LogP contribution is -2.14. The van der Waals surface area contributed by atoms with Gasteiger partial charge in [0.25, 0.3) is 0 Å². The zero-order chi connectivity index (χ0) is 21.3. The molecule has 0 saturated heterocycles. The van der Waals surface area contributed by atoms with Crippen LogP contribution in [0.25, 0.3) is 22.1 Å². The van der Waals surface area contributed by atoms with Crippen LogP contribution in [-0.2, 0) is 5.41 Å². The fourth-order valence-corrected chi connectivity index (χ4v) is 3.32. The van der Waals surface area contributed by atoms with Gasteiger partial charge in [-0.25, -0.2) is 4.79 Å². The largest absolute Gasteiger partial charge is 0.493 e.